The standard InChI is InChI=1S/C10H7ClF2O/c11-9-6(12)4-5-2-1-3-7(14)8(5)10(9)13/h4H,1-3H2. The van der Waals surface area contributed by atoms with Gasteiger partial charge in [0.15, 0.2) is 11.6 Å². The minimum Gasteiger partial charge on any atom is -0.294 e. The molecular weight excluding hydrogens is 210 g/mol. The Bertz CT molecular complexity index is 415. The van der Waals surface area contributed by atoms with Gasteiger partial charge in [-0.05, 0) is 24.5 Å². The Hall–Kier alpha value is -0.960. The van der Waals surface area contributed by atoms with Crippen molar-refractivity contribution in [1.82, 2.24) is 0 Å². The van der Waals surface area contributed by atoms with Gasteiger partial charge in [0, 0.05) is 6.42 Å². The maximum Gasteiger partial charge on any atom is 0.166 e. The van der Waals surface area contributed by atoms with Crippen molar-refractivity contribution in [3.63, 3.8) is 0 Å². The van der Waals surface area contributed by atoms with E-state index in [1.807, 2.05) is 0 Å². The maximum absolute atomic E-state index is 13.4. The first-order valence-electron chi connectivity index (χ1n) is 4.31. The van der Waals surface area contributed by atoms with Crippen LogP contribution in [0.1, 0.15) is 28.8 Å². The number of carbonyl (C=O) groups is 1. The molecule has 0 spiro atoms. The van der Waals surface area contributed by atoms with E-state index in [0.29, 0.717) is 24.8 Å². The molecule has 1 aliphatic carbocycles. The molecule has 0 bridgehead atoms. The lowest BCUT2D eigenvalue weighted by atomic mass is 9.90. The predicted molar refractivity (Wildman–Crippen MR) is 48.6 cm³/mol. The molecule has 0 atom stereocenters. The van der Waals surface area contributed by atoms with E-state index in [0.717, 1.165) is 6.07 Å². The number of Topliss-reactive ketones (excluding diaryl/α,β-unsaturated/α-hetero) is 1. The normalized spacial score (nSPS) is 15.5. The number of rotatable bonds is 0. The van der Waals surface area contributed by atoms with Gasteiger partial charge >= 0.3 is 0 Å². The Morgan fingerprint density at radius 2 is 2.00 bits per heavy atom. The fourth-order valence-corrected chi connectivity index (χ4v) is 1.86. The quantitative estimate of drug-likeness (QED) is 0.609. The topological polar surface area (TPSA) is 17.1 Å². The minimum atomic E-state index is -0.911. The number of hydrogen-bond donors (Lipinski definition) is 0. The van der Waals surface area contributed by atoms with Crippen LogP contribution in [0.2, 0.25) is 5.02 Å². The molecule has 1 aromatic rings. The molecule has 0 N–H and O–H groups in total. The Kier molecular flexibility index (Phi) is 2.27. The molecule has 4 heteroatoms. The zero-order valence-corrected chi connectivity index (χ0v) is 8.00. The average Bonchev–Trinajstić information content (AvgIpc) is 2.14. The zero-order valence-electron chi connectivity index (χ0n) is 7.24. The van der Waals surface area contributed by atoms with Crippen molar-refractivity contribution in [3.8, 4) is 0 Å². The third kappa shape index (κ3) is 1.32. The summed E-state index contributed by atoms with van der Waals surface area (Å²) in [7, 11) is 0. The Labute approximate surface area is 84.7 Å². The first-order chi connectivity index (χ1) is 6.61. The summed E-state index contributed by atoms with van der Waals surface area (Å²) in [5.74, 6) is -1.99. The van der Waals surface area contributed by atoms with Gasteiger partial charge in [0.2, 0.25) is 0 Å². The molecule has 1 aromatic carbocycles. The van der Waals surface area contributed by atoms with Crippen LogP contribution in [0.3, 0.4) is 0 Å². The van der Waals surface area contributed by atoms with Crippen LogP contribution in [-0.4, -0.2) is 5.78 Å². The van der Waals surface area contributed by atoms with Crippen molar-refractivity contribution in [1.29, 1.82) is 0 Å². The second-order valence-corrected chi connectivity index (χ2v) is 3.68. The molecule has 0 fully saturated rings. The van der Waals surface area contributed by atoms with Gasteiger partial charge in [-0.2, -0.15) is 0 Å². The summed E-state index contributed by atoms with van der Waals surface area (Å²) in [4.78, 5) is 11.3. The summed E-state index contributed by atoms with van der Waals surface area (Å²) < 4.78 is 26.4. The van der Waals surface area contributed by atoms with Gasteiger partial charge in [0.1, 0.15) is 10.8 Å². The van der Waals surface area contributed by atoms with E-state index in [-0.39, 0.29) is 11.3 Å². The van der Waals surface area contributed by atoms with Crippen LogP contribution in [-0.2, 0) is 6.42 Å². The van der Waals surface area contributed by atoms with Gasteiger partial charge in [-0.1, -0.05) is 11.6 Å². The molecule has 0 unspecified atom stereocenters. The Morgan fingerprint density at radius 1 is 1.29 bits per heavy atom. The summed E-state index contributed by atoms with van der Waals surface area (Å²) in [5.41, 5.74) is 0.406. The highest BCUT2D eigenvalue weighted by Gasteiger charge is 2.25. The highest BCUT2D eigenvalue weighted by Crippen LogP contribution is 2.30. The van der Waals surface area contributed by atoms with Gasteiger partial charge in [-0.25, -0.2) is 8.78 Å². The molecule has 0 saturated heterocycles. The lowest BCUT2D eigenvalue weighted by Gasteiger charge is -2.15. The van der Waals surface area contributed by atoms with Gasteiger partial charge < -0.3 is 0 Å². The predicted octanol–water partition coefficient (Wildman–Crippen LogP) is 3.14. The summed E-state index contributed by atoms with van der Waals surface area (Å²) in [5, 5.41) is -0.584. The molecule has 0 heterocycles. The van der Waals surface area contributed by atoms with Crippen molar-refractivity contribution in [2.45, 2.75) is 19.3 Å². The SMILES string of the molecule is O=C1CCCc2cc(F)c(Cl)c(F)c21. The van der Waals surface area contributed by atoms with Gasteiger partial charge in [0.05, 0.1) is 5.56 Å². The minimum absolute atomic E-state index is 0.0253. The molecule has 0 radical (unpaired) electrons. The number of hydrogen-bond acceptors (Lipinski definition) is 1. The van der Waals surface area contributed by atoms with E-state index < -0.39 is 16.7 Å². The van der Waals surface area contributed by atoms with E-state index in [1.54, 1.807) is 0 Å². The van der Waals surface area contributed by atoms with E-state index in [4.69, 9.17) is 11.6 Å². The lowest BCUT2D eigenvalue weighted by molar-refractivity contribution is 0.0968. The number of benzene rings is 1. The third-order valence-electron chi connectivity index (χ3n) is 2.37. The molecule has 0 amide bonds. The molecule has 1 nitrogen and oxygen atoms in total. The Balaban J connectivity index is 2.70. The van der Waals surface area contributed by atoms with Crippen LogP contribution in [0.5, 0.6) is 0 Å². The van der Waals surface area contributed by atoms with Crippen LogP contribution in [0.4, 0.5) is 8.78 Å². The maximum atomic E-state index is 13.4. The second kappa shape index (κ2) is 3.31. The van der Waals surface area contributed by atoms with E-state index in [1.165, 1.54) is 0 Å². The fourth-order valence-electron chi connectivity index (χ4n) is 1.71. The number of ketones is 1. The van der Waals surface area contributed by atoms with Crippen LogP contribution >= 0.6 is 11.6 Å². The molecule has 14 heavy (non-hydrogen) atoms. The van der Waals surface area contributed by atoms with Crippen LogP contribution in [0, 0.1) is 11.6 Å². The highest BCUT2D eigenvalue weighted by atomic mass is 35.5. The molecule has 1 aliphatic rings. The molecular formula is C10H7ClF2O. The number of aryl methyl sites for hydroxylation is 1. The number of fused-ring (bicyclic) bond motifs is 1. The average molecular weight is 217 g/mol. The molecule has 74 valence electrons. The Morgan fingerprint density at radius 3 is 2.71 bits per heavy atom. The molecule has 0 aromatic heterocycles. The summed E-state index contributed by atoms with van der Waals surface area (Å²) >= 11 is 5.38. The van der Waals surface area contributed by atoms with Crippen LogP contribution < -0.4 is 0 Å². The van der Waals surface area contributed by atoms with Crippen LogP contribution in [0.25, 0.3) is 0 Å². The van der Waals surface area contributed by atoms with Crippen molar-refractivity contribution < 1.29 is 13.6 Å². The molecule has 0 saturated carbocycles. The first-order valence-corrected chi connectivity index (χ1v) is 4.68. The summed E-state index contributed by atoms with van der Waals surface area (Å²) in [6.07, 6.45) is 1.49. The van der Waals surface area contributed by atoms with Crippen molar-refractivity contribution in [2.75, 3.05) is 0 Å². The summed E-state index contributed by atoms with van der Waals surface area (Å²) in [6.45, 7) is 0. The third-order valence-corrected chi connectivity index (χ3v) is 2.72. The monoisotopic (exact) mass is 216 g/mol. The van der Waals surface area contributed by atoms with Crippen LogP contribution in [0.15, 0.2) is 6.07 Å². The van der Waals surface area contributed by atoms with Gasteiger partial charge in [0.25, 0.3) is 0 Å². The van der Waals surface area contributed by atoms with Crippen molar-refractivity contribution in [3.05, 3.63) is 33.9 Å². The van der Waals surface area contributed by atoms with Crippen molar-refractivity contribution in [2.24, 2.45) is 0 Å². The van der Waals surface area contributed by atoms with E-state index in [2.05, 4.69) is 0 Å². The fraction of sp³-hybridized carbons (Fsp3) is 0.300. The molecule has 2 rings (SSSR count). The highest BCUT2D eigenvalue weighted by molar-refractivity contribution is 6.31. The van der Waals surface area contributed by atoms with Gasteiger partial charge in [-0.3, -0.25) is 4.79 Å². The van der Waals surface area contributed by atoms with E-state index >= 15 is 0 Å². The smallest absolute Gasteiger partial charge is 0.166 e. The largest absolute Gasteiger partial charge is 0.294 e. The second-order valence-electron chi connectivity index (χ2n) is 3.30. The number of carbonyl (C=O) groups excluding carboxylic acids is 1. The number of halogens is 3. The lowest BCUT2D eigenvalue weighted by Crippen LogP contribution is -2.14. The molecule has 0 aliphatic heterocycles. The van der Waals surface area contributed by atoms with E-state index in [9.17, 15) is 13.6 Å². The zero-order chi connectivity index (χ0) is 10.3. The van der Waals surface area contributed by atoms with Crippen molar-refractivity contribution >= 4 is 17.4 Å². The summed E-state index contributed by atoms with van der Waals surface area (Å²) in [6, 6.07) is 1.15. The van der Waals surface area contributed by atoms with Gasteiger partial charge in [-0.15, -0.1) is 0 Å². The first kappa shape index (κ1) is 9.59.